The highest BCUT2D eigenvalue weighted by Gasteiger charge is 2.27. The summed E-state index contributed by atoms with van der Waals surface area (Å²) in [7, 11) is 0. The highest BCUT2D eigenvalue weighted by molar-refractivity contribution is 6.21. The first-order valence-electron chi connectivity index (χ1n) is 6.91. The van der Waals surface area contributed by atoms with Gasteiger partial charge in [0.15, 0.2) is 0 Å². The van der Waals surface area contributed by atoms with E-state index in [1.807, 2.05) is 6.07 Å². The molecular formula is C15H18N2O2. The Hall–Kier alpha value is -1.84. The molecule has 2 amide bonds. The van der Waals surface area contributed by atoms with E-state index in [1.54, 1.807) is 12.1 Å². The van der Waals surface area contributed by atoms with Gasteiger partial charge in [0, 0.05) is 11.7 Å². The summed E-state index contributed by atoms with van der Waals surface area (Å²) in [6, 6.07) is 5.78. The van der Waals surface area contributed by atoms with E-state index < -0.39 is 0 Å². The first-order valence-corrected chi connectivity index (χ1v) is 6.91. The Balaban J connectivity index is 1.77. The van der Waals surface area contributed by atoms with Gasteiger partial charge in [-0.25, -0.2) is 0 Å². The number of carbonyl (C=O) groups excluding carboxylic acids is 2. The van der Waals surface area contributed by atoms with Gasteiger partial charge < -0.3 is 5.32 Å². The van der Waals surface area contributed by atoms with Crippen LogP contribution in [0.1, 0.15) is 53.3 Å². The topological polar surface area (TPSA) is 58.2 Å². The molecule has 1 aromatic rings. The maximum absolute atomic E-state index is 11.6. The lowest BCUT2D eigenvalue weighted by Gasteiger charge is -2.21. The van der Waals surface area contributed by atoms with E-state index >= 15 is 0 Å². The quantitative estimate of drug-likeness (QED) is 0.819. The number of benzene rings is 1. The maximum Gasteiger partial charge on any atom is 0.259 e. The lowest BCUT2D eigenvalue weighted by molar-refractivity contribution is 0.0879. The number of carbonyl (C=O) groups is 2. The molecule has 3 rings (SSSR count). The molecule has 1 aliphatic carbocycles. The van der Waals surface area contributed by atoms with Crippen LogP contribution in [0.2, 0.25) is 0 Å². The predicted molar refractivity (Wildman–Crippen MR) is 73.3 cm³/mol. The average molecular weight is 258 g/mol. The molecule has 1 heterocycles. The van der Waals surface area contributed by atoms with Crippen LogP contribution in [0.25, 0.3) is 0 Å². The number of anilines is 1. The van der Waals surface area contributed by atoms with E-state index in [0.29, 0.717) is 23.1 Å². The van der Waals surface area contributed by atoms with Gasteiger partial charge in [0.05, 0.1) is 11.1 Å². The minimum Gasteiger partial charge on any atom is -0.382 e. The lowest BCUT2D eigenvalue weighted by Crippen LogP contribution is -2.23. The summed E-state index contributed by atoms with van der Waals surface area (Å²) in [5, 5.41) is 5.77. The van der Waals surface area contributed by atoms with Gasteiger partial charge in [-0.1, -0.05) is 12.8 Å². The van der Waals surface area contributed by atoms with Crippen LogP contribution in [0.5, 0.6) is 0 Å². The van der Waals surface area contributed by atoms with Crippen LogP contribution in [-0.2, 0) is 0 Å². The number of fused-ring (bicyclic) bond motifs is 1. The molecule has 1 atom stereocenters. The molecule has 0 aromatic heterocycles. The van der Waals surface area contributed by atoms with Crippen LogP contribution >= 0.6 is 0 Å². The molecule has 0 radical (unpaired) electrons. The second-order valence-corrected chi connectivity index (χ2v) is 5.52. The van der Waals surface area contributed by atoms with Crippen molar-refractivity contribution in [1.82, 2.24) is 5.32 Å². The summed E-state index contributed by atoms with van der Waals surface area (Å²) in [4.78, 5) is 23.1. The van der Waals surface area contributed by atoms with Crippen LogP contribution in [-0.4, -0.2) is 17.9 Å². The van der Waals surface area contributed by atoms with Crippen molar-refractivity contribution in [3.8, 4) is 0 Å². The second kappa shape index (κ2) is 4.68. The molecule has 1 saturated carbocycles. The van der Waals surface area contributed by atoms with E-state index in [9.17, 15) is 9.59 Å². The smallest absolute Gasteiger partial charge is 0.259 e. The zero-order chi connectivity index (χ0) is 13.4. The Morgan fingerprint density at radius 1 is 1.16 bits per heavy atom. The summed E-state index contributed by atoms with van der Waals surface area (Å²) in [5.74, 6) is 0.122. The van der Waals surface area contributed by atoms with Crippen molar-refractivity contribution < 1.29 is 9.59 Å². The van der Waals surface area contributed by atoms with Crippen LogP contribution in [0, 0.1) is 5.92 Å². The Morgan fingerprint density at radius 3 is 2.58 bits per heavy atom. The predicted octanol–water partition coefficient (Wildman–Crippen LogP) is 2.56. The minimum atomic E-state index is -0.296. The number of rotatable bonds is 3. The highest BCUT2D eigenvalue weighted by Crippen LogP contribution is 2.30. The zero-order valence-electron chi connectivity index (χ0n) is 11.0. The van der Waals surface area contributed by atoms with Crippen molar-refractivity contribution in [2.24, 2.45) is 5.92 Å². The number of nitrogens with one attached hydrogen (secondary N) is 2. The van der Waals surface area contributed by atoms with E-state index in [4.69, 9.17) is 0 Å². The van der Waals surface area contributed by atoms with Gasteiger partial charge in [-0.3, -0.25) is 14.9 Å². The summed E-state index contributed by atoms with van der Waals surface area (Å²) < 4.78 is 0. The molecule has 1 aromatic carbocycles. The number of hydrogen-bond acceptors (Lipinski definition) is 3. The third kappa shape index (κ3) is 2.23. The van der Waals surface area contributed by atoms with Gasteiger partial charge in [0.1, 0.15) is 0 Å². The molecule has 4 nitrogen and oxygen atoms in total. The average Bonchev–Trinajstić information content (AvgIpc) is 2.99. The Morgan fingerprint density at radius 2 is 1.84 bits per heavy atom. The summed E-state index contributed by atoms with van der Waals surface area (Å²) in [6.07, 6.45) is 5.19. The fourth-order valence-corrected chi connectivity index (χ4v) is 3.10. The first kappa shape index (κ1) is 12.2. The van der Waals surface area contributed by atoms with E-state index in [1.165, 1.54) is 25.7 Å². The van der Waals surface area contributed by atoms with Crippen LogP contribution < -0.4 is 10.6 Å². The lowest BCUT2D eigenvalue weighted by atomic mass is 9.99. The Labute approximate surface area is 112 Å². The van der Waals surface area contributed by atoms with Gasteiger partial charge in [-0.2, -0.15) is 0 Å². The van der Waals surface area contributed by atoms with E-state index in [2.05, 4.69) is 17.6 Å². The zero-order valence-corrected chi connectivity index (χ0v) is 11.0. The first-order chi connectivity index (χ1) is 9.15. The molecule has 2 N–H and O–H groups in total. The standard InChI is InChI=1S/C15H18N2O2/c1-9(10-4-2-3-5-10)16-11-6-7-12-13(8-11)15(19)17-14(12)18/h6-10,16H,2-5H2,1H3,(H,17,18,19). The molecule has 1 fully saturated rings. The largest absolute Gasteiger partial charge is 0.382 e. The molecule has 0 bridgehead atoms. The Kier molecular flexibility index (Phi) is 3.01. The van der Waals surface area contributed by atoms with Gasteiger partial charge in [0.25, 0.3) is 11.8 Å². The minimum absolute atomic E-state index is 0.294. The molecule has 100 valence electrons. The van der Waals surface area contributed by atoms with Gasteiger partial charge in [-0.15, -0.1) is 0 Å². The van der Waals surface area contributed by atoms with Crippen molar-refractivity contribution in [3.05, 3.63) is 29.3 Å². The summed E-state index contributed by atoms with van der Waals surface area (Å²) in [5.41, 5.74) is 1.88. The van der Waals surface area contributed by atoms with Gasteiger partial charge in [0.2, 0.25) is 0 Å². The number of hydrogen-bond donors (Lipinski definition) is 2. The maximum atomic E-state index is 11.6. The van der Waals surface area contributed by atoms with Crippen molar-refractivity contribution >= 4 is 17.5 Å². The fourth-order valence-electron chi connectivity index (χ4n) is 3.10. The van der Waals surface area contributed by atoms with Crippen LogP contribution in [0.3, 0.4) is 0 Å². The molecule has 1 unspecified atom stereocenters. The van der Waals surface area contributed by atoms with Crippen molar-refractivity contribution in [2.45, 2.75) is 38.6 Å². The van der Waals surface area contributed by atoms with E-state index in [0.717, 1.165) is 5.69 Å². The molecule has 4 heteroatoms. The van der Waals surface area contributed by atoms with E-state index in [-0.39, 0.29) is 11.8 Å². The normalized spacial score (nSPS) is 20.3. The monoisotopic (exact) mass is 258 g/mol. The summed E-state index contributed by atoms with van der Waals surface area (Å²) in [6.45, 7) is 2.19. The second-order valence-electron chi connectivity index (χ2n) is 5.52. The van der Waals surface area contributed by atoms with Gasteiger partial charge in [-0.05, 0) is 43.9 Å². The van der Waals surface area contributed by atoms with Crippen molar-refractivity contribution in [2.75, 3.05) is 5.32 Å². The van der Waals surface area contributed by atoms with Crippen LogP contribution in [0.4, 0.5) is 5.69 Å². The molecule has 2 aliphatic rings. The van der Waals surface area contributed by atoms with Crippen molar-refractivity contribution in [3.63, 3.8) is 0 Å². The van der Waals surface area contributed by atoms with Crippen molar-refractivity contribution in [1.29, 1.82) is 0 Å². The molecule has 1 aliphatic heterocycles. The Bertz CT molecular complexity index is 533. The molecule has 0 spiro atoms. The number of amides is 2. The summed E-state index contributed by atoms with van der Waals surface area (Å²) >= 11 is 0. The van der Waals surface area contributed by atoms with Crippen LogP contribution in [0.15, 0.2) is 18.2 Å². The fraction of sp³-hybridized carbons (Fsp3) is 0.467. The molecular weight excluding hydrogens is 240 g/mol. The number of imide groups is 1. The SMILES string of the molecule is CC(Nc1ccc2c(c1)C(=O)NC2=O)C1CCCC1. The van der Waals surface area contributed by atoms with Gasteiger partial charge >= 0.3 is 0 Å². The third-order valence-corrected chi connectivity index (χ3v) is 4.24. The highest BCUT2D eigenvalue weighted by atomic mass is 16.2. The third-order valence-electron chi connectivity index (χ3n) is 4.24. The molecule has 0 saturated heterocycles. The molecule has 19 heavy (non-hydrogen) atoms.